The van der Waals surface area contributed by atoms with Gasteiger partial charge in [-0.05, 0) is 54.3 Å². The van der Waals surface area contributed by atoms with Crippen LogP contribution in [0.25, 0.3) is 0 Å². The summed E-state index contributed by atoms with van der Waals surface area (Å²) in [4.78, 5) is 0. The zero-order valence-electron chi connectivity index (χ0n) is 12.2. The molecule has 1 saturated heterocycles. The number of halogens is 1. The van der Waals surface area contributed by atoms with Crippen molar-refractivity contribution in [3.63, 3.8) is 0 Å². The lowest BCUT2D eigenvalue weighted by Crippen LogP contribution is -2.34. The summed E-state index contributed by atoms with van der Waals surface area (Å²) in [6.45, 7) is 2.11. The third kappa shape index (κ3) is 3.30. The predicted octanol–water partition coefficient (Wildman–Crippen LogP) is 4.32. The second-order valence-corrected chi connectivity index (χ2v) is 6.45. The first kappa shape index (κ1) is 14.6. The van der Waals surface area contributed by atoms with Gasteiger partial charge < -0.3 is 10.1 Å². The molecule has 2 atom stereocenters. The zero-order chi connectivity index (χ0) is 14.7. The summed E-state index contributed by atoms with van der Waals surface area (Å²) in [6.07, 6.45) is 1.16. The molecule has 1 heterocycles. The van der Waals surface area contributed by atoms with E-state index in [2.05, 4.69) is 63.7 Å². The molecular formula is C18H20BrNO. The van der Waals surface area contributed by atoms with E-state index in [1.54, 1.807) is 7.11 Å². The van der Waals surface area contributed by atoms with Crippen LogP contribution in [0.4, 0.5) is 0 Å². The Kier molecular flexibility index (Phi) is 4.61. The van der Waals surface area contributed by atoms with Crippen LogP contribution in [0.15, 0.2) is 53.0 Å². The molecule has 1 aliphatic heterocycles. The van der Waals surface area contributed by atoms with Crippen LogP contribution in [0.5, 0.6) is 5.75 Å². The molecule has 3 rings (SSSR count). The Morgan fingerprint density at radius 2 is 1.86 bits per heavy atom. The molecule has 1 fully saturated rings. The average Bonchev–Trinajstić information content (AvgIpc) is 2.56. The highest BCUT2D eigenvalue weighted by atomic mass is 79.9. The third-order valence-electron chi connectivity index (χ3n) is 4.30. The van der Waals surface area contributed by atoms with E-state index in [0.29, 0.717) is 11.8 Å². The maximum Gasteiger partial charge on any atom is 0.119 e. The fourth-order valence-corrected chi connectivity index (χ4v) is 3.45. The highest BCUT2D eigenvalue weighted by Crippen LogP contribution is 2.38. The number of methoxy groups -OCH3 is 1. The lowest BCUT2D eigenvalue weighted by molar-refractivity contribution is 0.396. The molecule has 0 spiro atoms. The second kappa shape index (κ2) is 6.63. The van der Waals surface area contributed by atoms with E-state index in [-0.39, 0.29) is 0 Å². The van der Waals surface area contributed by atoms with Crippen molar-refractivity contribution in [3.05, 3.63) is 64.1 Å². The normalized spacial score (nSPS) is 22.0. The highest BCUT2D eigenvalue weighted by Gasteiger charge is 2.27. The zero-order valence-corrected chi connectivity index (χ0v) is 13.8. The van der Waals surface area contributed by atoms with E-state index in [1.807, 2.05) is 6.07 Å². The summed E-state index contributed by atoms with van der Waals surface area (Å²) in [5.41, 5.74) is 2.78. The molecule has 1 N–H and O–H groups in total. The van der Waals surface area contributed by atoms with Crippen molar-refractivity contribution >= 4 is 15.9 Å². The summed E-state index contributed by atoms with van der Waals surface area (Å²) >= 11 is 3.52. The minimum Gasteiger partial charge on any atom is -0.497 e. The number of nitrogens with one attached hydrogen (secondary N) is 1. The Bertz CT molecular complexity index is 596. The molecule has 0 bridgehead atoms. The second-order valence-electron chi connectivity index (χ2n) is 5.53. The van der Waals surface area contributed by atoms with Crippen LogP contribution in [-0.4, -0.2) is 20.2 Å². The number of piperidine rings is 1. The van der Waals surface area contributed by atoms with E-state index in [0.717, 1.165) is 29.7 Å². The van der Waals surface area contributed by atoms with Crippen LogP contribution < -0.4 is 10.1 Å². The predicted molar refractivity (Wildman–Crippen MR) is 90.1 cm³/mol. The Balaban J connectivity index is 1.92. The summed E-state index contributed by atoms with van der Waals surface area (Å²) in [7, 11) is 1.73. The van der Waals surface area contributed by atoms with E-state index in [4.69, 9.17) is 4.74 Å². The van der Waals surface area contributed by atoms with E-state index < -0.39 is 0 Å². The van der Waals surface area contributed by atoms with E-state index in [9.17, 15) is 0 Å². The SMILES string of the molecule is COc1cccc(C2CCNCC2c2ccc(Br)cc2)c1. The van der Waals surface area contributed by atoms with Gasteiger partial charge >= 0.3 is 0 Å². The van der Waals surface area contributed by atoms with E-state index in [1.165, 1.54) is 11.1 Å². The number of ether oxygens (including phenoxy) is 1. The lowest BCUT2D eigenvalue weighted by Gasteiger charge is -2.33. The molecule has 0 radical (unpaired) electrons. The number of hydrogen-bond acceptors (Lipinski definition) is 2. The van der Waals surface area contributed by atoms with Crippen molar-refractivity contribution in [3.8, 4) is 5.75 Å². The third-order valence-corrected chi connectivity index (χ3v) is 4.83. The lowest BCUT2D eigenvalue weighted by atomic mass is 9.77. The van der Waals surface area contributed by atoms with Gasteiger partial charge in [-0.2, -0.15) is 0 Å². The Morgan fingerprint density at radius 1 is 1.05 bits per heavy atom. The molecule has 21 heavy (non-hydrogen) atoms. The fourth-order valence-electron chi connectivity index (χ4n) is 3.19. The van der Waals surface area contributed by atoms with Gasteiger partial charge in [0.2, 0.25) is 0 Å². The van der Waals surface area contributed by atoms with Gasteiger partial charge in [0.15, 0.2) is 0 Å². The molecule has 0 saturated carbocycles. The number of rotatable bonds is 3. The van der Waals surface area contributed by atoms with Gasteiger partial charge in [-0.15, -0.1) is 0 Å². The molecule has 2 unspecified atom stereocenters. The van der Waals surface area contributed by atoms with Gasteiger partial charge in [-0.3, -0.25) is 0 Å². The summed E-state index contributed by atoms with van der Waals surface area (Å²) in [5, 5.41) is 3.53. The molecule has 0 aromatic heterocycles. The molecule has 2 aromatic carbocycles. The minimum atomic E-state index is 0.513. The van der Waals surface area contributed by atoms with Gasteiger partial charge in [0, 0.05) is 16.9 Å². The van der Waals surface area contributed by atoms with Crippen LogP contribution in [0.2, 0.25) is 0 Å². The van der Waals surface area contributed by atoms with Crippen molar-refractivity contribution in [2.24, 2.45) is 0 Å². The van der Waals surface area contributed by atoms with Gasteiger partial charge in [0.25, 0.3) is 0 Å². The Hall–Kier alpha value is -1.32. The van der Waals surface area contributed by atoms with E-state index >= 15 is 0 Å². The highest BCUT2D eigenvalue weighted by molar-refractivity contribution is 9.10. The van der Waals surface area contributed by atoms with Crippen LogP contribution >= 0.6 is 15.9 Å². The van der Waals surface area contributed by atoms with Gasteiger partial charge in [-0.25, -0.2) is 0 Å². The number of hydrogen-bond donors (Lipinski definition) is 1. The summed E-state index contributed by atoms with van der Waals surface area (Å²) in [6, 6.07) is 17.2. The van der Waals surface area contributed by atoms with Crippen LogP contribution in [-0.2, 0) is 0 Å². The quantitative estimate of drug-likeness (QED) is 0.894. The van der Waals surface area contributed by atoms with Crippen molar-refractivity contribution < 1.29 is 4.74 Å². The topological polar surface area (TPSA) is 21.3 Å². The monoisotopic (exact) mass is 345 g/mol. The fraction of sp³-hybridized carbons (Fsp3) is 0.333. The average molecular weight is 346 g/mol. The van der Waals surface area contributed by atoms with Crippen molar-refractivity contribution in [1.82, 2.24) is 5.32 Å². The minimum absolute atomic E-state index is 0.513. The standard InChI is InChI=1S/C18H20BrNO/c1-21-16-4-2-3-14(11-16)17-9-10-20-12-18(17)13-5-7-15(19)8-6-13/h2-8,11,17-18,20H,9-10,12H2,1H3. The van der Waals surface area contributed by atoms with Crippen molar-refractivity contribution in [2.75, 3.05) is 20.2 Å². The maximum atomic E-state index is 5.38. The summed E-state index contributed by atoms with van der Waals surface area (Å²) < 4.78 is 6.51. The summed E-state index contributed by atoms with van der Waals surface area (Å²) in [5.74, 6) is 2.00. The molecule has 2 aromatic rings. The van der Waals surface area contributed by atoms with Gasteiger partial charge in [-0.1, -0.05) is 40.2 Å². The van der Waals surface area contributed by atoms with Gasteiger partial charge in [0.1, 0.15) is 5.75 Å². The van der Waals surface area contributed by atoms with Crippen molar-refractivity contribution in [1.29, 1.82) is 0 Å². The first-order chi connectivity index (χ1) is 10.3. The molecule has 3 heteroatoms. The molecular weight excluding hydrogens is 326 g/mol. The van der Waals surface area contributed by atoms with Crippen LogP contribution in [0.3, 0.4) is 0 Å². The first-order valence-electron chi connectivity index (χ1n) is 7.38. The molecule has 110 valence electrons. The molecule has 0 aliphatic carbocycles. The van der Waals surface area contributed by atoms with Crippen LogP contribution in [0.1, 0.15) is 29.4 Å². The maximum absolute atomic E-state index is 5.38. The number of benzene rings is 2. The molecule has 0 amide bonds. The molecule has 1 aliphatic rings. The largest absolute Gasteiger partial charge is 0.497 e. The van der Waals surface area contributed by atoms with Crippen LogP contribution in [0, 0.1) is 0 Å². The smallest absolute Gasteiger partial charge is 0.119 e. The first-order valence-corrected chi connectivity index (χ1v) is 8.17. The van der Waals surface area contributed by atoms with Gasteiger partial charge in [0.05, 0.1) is 7.11 Å². The Morgan fingerprint density at radius 3 is 2.62 bits per heavy atom. The van der Waals surface area contributed by atoms with Crippen molar-refractivity contribution in [2.45, 2.75) is 18.3 Å². The Labute approximate surface area is 134 Å². The molecule has 2 nitrogen and oxygen atoms in total.